The molecule has 0 rings (SSSR count). The molecule has 0 aromatic carbocycles. The quantitative estimate of drug-likeness (QED) is 0.0323. The van der Waals surface area contributed by atoms with E-state index < -0.39 is 18.2 Å². The van der Waals surface area contributed by atoms with Crippen molar-refractivity contribution in [1.82, 2.24) is 5.32 Å². The third-order valence-electron chi connectivity index (χ3n) is 11.8. The maximum atomic E-state index is 13.2. The molecule has 1 amide bonds. The molecule has 0 fully saturated rings. The average molecular weight is 818 g/mol. The molecule has 58 heavy (non-hydrogen) atoms. The molecule has 0 aliphatic carbocycles. The molecule has 0 aromatic heterocycles. The average Bonchev–Trinajstić information content (AvgIpc) is 3.22. The van der Waals surface area contributed by atoms with Gasteiger partial charge in [-0.2, -0.15) is 0 Å². The third kappa shape index (κ3) is 41.1. The van der Waals surface area contributed by atoms with Crippen molar-refractivity contribution in [2.75, 3.05) is 6.61 Å². The molecule has 0 aliphatic rings. The van der Waals surface area contributed by atoms with Crippen molar-refractivity contribution in [3.05, 3.63) is 24.3 Å². The number of hydrogen-bond acceptors (Lipinski definition) is 5. The lowest BCUT2D eigenvalue weighted by molar-refractivity contribution is -0.150. The van der Waals surface area contributed by atoms with E-state index in [2.05, 4.69) is 50.4 Å². The number of aliphatic hydroxyl groups excluding tert-OH is 2. The molecule has 6 nitrogen and oxygen atoms in total. The molecule has 0 saturated carbocycles. The monoisotopic (exact) mass is 818 g/mol. The Morgan fingerprint density at radius 1 is 0.500 bits per heavy atom. The molecule has 0 radical (unpaired) electrons. The molecule has 3 unspecified atom stereocenters. The highest BCUT2D eigenvalue weighted by Gasteiger charge is 2.24. The van der Waals surface area contributed by atoms with Crippen LogP contribution in [0.4, 0.5) is 0 Å². The maximum Gasteiger partial charge on any atom is 0.306 e. The number of carbonyl (C=O) groups is 2. The van der Waals surface area contributed by atoms with Crippen LogP contribution >= 0.6 is 0 Å². The zero-order valence-corrected chi connectivity index (χ0v) is 38.9. The van der Waals surface area contributed by atoms with Crippen molar-refractivity contribution in [2.45, 2.75) is 289 Å². The SMILES string of the molecule is CCCCCCCC/C=C\C/C=C/CCC(=O)OC(CCCCCCCCCCCCCCCCC)CC(=O)NC(CO)C(O)CCCCCCCCCCCCC. The number of allylic oxidation sites excluding steroid dienone is 4. The lowest BCUT2D eigenvalue weighted by atomic mass is 10.0. The fourth-order valence-electron chi connectivity index (χ4n) is 7.90. The summed E-state index contributed by atoms with van der Waals surface area (Å²) in [7, 11) is 0. The highest BCUT2D eigenvalue weighted by molar-refractivity contribution is 5.77. The number of unbranched alkanes of at least 4 members (excludes halogenated alkanes) is 30. The lowest BCUT2D eigenvalue weighted by Gasteiger charge is -2.24. The van der Waals surface area contributed by atoms with Crippen LogP contribution in [0.3, 0.4) is 0 Å². The Labute approximate surface area is 361 Å². The summed E-state index contributed by atoms with van der Waals surface area (Å²) in [4.78, 5) is 26.1. The summed E-state index contributed by atoms with van der Waals surface area (Å²) >= 11 is 0. The minimum absolute atomic E-state index is 0.0608. The summed E-state index contributed by atoms with van der Waals surface area (Å²) in [6.45, 7) is 6.47. The number of esters is 1. The highest BCUT2D eigenvalue weighted by Crippen LogP contribution is 2.18. The minimum Gasteiger partial charge on any atom is -0.462 e. The molecular weight excluding hydrogens is 719 g/mol. The number of amides is 1. The van der Waals surface area contributed by atoms with E-state index in [1.165, 1.54) is 173 Å². The molecule has 6 heteroatoms. The van der Waals surface area contributed by atoms with Crippen molar-refractivity contribution in [1.29, 1.82) is 0 Å². The Hall–Kier alpha value is -1.66. The molecule has 0 heterocycles. The normalized spacial score (nSPS) is 13.4. The van der Waals surface area contributed by atoms with E-state index in [9.17, 15) is 19.8 Å². The van der Waals surface area contributed by atoms with Crippen LogP contribution in [0.25, 0.3) is 0 Å². The first-order chi connectivity index (χ1) is 28.5. The first-order valence-corrected chi connectivity index (χ1v) is 25.6. The van der Waals surface area contributed by atoms with E-state index in [4.69, 9.17) is 4.74 Å². The smallest absolute Gasteiger partial charge is 0.306 e. The van der Waals surface area contributed by atoms with E-state index in [1.54, 1.807) is 0 Å². The molecular formula is C52H99NO5. The second-order valence-electron chi connectivity index (χ2n) is 17.6. The number of carbonyl (C=O) groups excluding carboxylic acids is 2. The fourth-order valence-corrected chi connectivity index (χ4v) is 7.90. The van der Waals surface area contributed by atoms with Gasteiger partial charge >= 0.3 is 5.97 Å². The first-order valence-electron chi connectivity index (χ1n) is 25.6. The Kier molecular flexibility index (Phi) is 45.1. The molecule has 3 atom stereocenters. The number of nitrogens with one attached hydrogen (secondary N) is 1. The van der Waals surface area contributed by atoms with Crippen LogP contribution in [0.15, 0.2) is 24.3 Å². The van der Waals surface area contributed by atoms with Gasteiger partial charge in [-0.1, -0.05) is 238 Å². The number of rotatable bonds is 46. The Morgan fingerprint density at radius 3 is 1.31 bits per heavy atom. The van der Waals surface area contributed by atoms with Gasteiger partial charge in [0.1, 0.15) is 6.10 Å². The molecule has 0 aliphatic heterocycles. The van der Waals surface area contributed by atoms with Gasteiger partial charge in [0.25, 0.3) is 0 Å². The van der Waals surface area contributed by atoms with Crippen molar-refractivity contribution in [2.24, 2.45) is 0 Å². The Balaban J connectivity index is 4.62. The second-order valence-corrected chi connectivity index (χ2v) is 17.6. The van der Waals surface area contributed by atoms with Gasteiger partial charge < -0.3 is 20.3 Å². The summed E-state index contributed by atoms with van der Waals surface area (Å²) in [5.74, 6) is -0.541. The highest BCUT2D eigenvalue weighted by atomic mass is 16.5. The Morgan fingerprint density at radius 2 is 0.879 bits per heavy atom. The van der Waals surface area contributed by atoms with Crippen LogP contribution in [0.2, 0.25) is 0 Å². The fraction of sp³-hybridized carbons (Fsp3) is 0.885. The van der Waals surface area contributed by atoms with Gasteiger partial charge in [0, 0.05) is 6.42 Å². The number of aliphatic hydroxyl groups is 2. The minimum atomic E-state index is -0.791. The van der Waals surface area contributed by atoms with Crippen molar-refractivity contribution < 1.29 is 24.5 Å². The van der Waals surface area contributed by atoms with Gasteiger partial charge in [0.05, 0.1) is 25.2 Å². The number of ether oxygens (including phenoxy) is 1. The zero-order chi connectivity index (χ0) is 42.4. The summed E-state index contributed by atoms with van der Waals surface area (Å²) in [6.07, 6.45) is 52.5. The molecule has 3 N–H and O–H groups in total. The van der Waals surface area contributed by atoms with Gasteiger partial charge in [-0.25, -0.2) is 0 Å². The largest absolute Gasteiger partial charge is 0.462 e. The van der Waals surface area contributed by atoms with E-state index >= 15 is 0 Å². The van der Waals surface area contributed by atoms with Crippen molar-refractivity contribution >= 4 is 11.9 Å². The van der Waals surface area contributed by atoms with Crippen molar-refractivity contribution in [3.8, 4) is 0 Å². The topological polar surface area (TPSA) is 95.9 Å². The molecule has 0 aromatic rings. The second kappa shape index (κ2) is 46.4. The van der Waals surface area contributed by atoms with Crippen LogP contribution in [-0.2, 0) is 14.3 Å². The van der Waals surface area contributed by atoms with Crippen LogP contribution in [0.1, 0.15) is 271 Å². The standard InChI is InChI=1S/C52H99NO5/c1-4-7-10-13-16-19-22-24-25-27-29-31-34-37-40-43-48(58-52(57)45-42-39-36-33-30-26-23-20-17-14-11-8-5-2)46-51(56)53-49(47-54)50(55)44-41-38-35-32-28-21-18-15-12-9-6-3/h26,30,36,39,48-50,54-55H,4-25,27-29,31-35,37-38,40-47H2,1-3H3,(H,53,56)/b30-26-,39-36+. The summed E-state index contributed by atoms with van der Waals surface area (Å²) in [6, 6.07) is -0.706. The van der Waals surface area contributed by atoms with E-state index in [1.807, 2.05) is 0 Å². The maximum absolute atomic E-state index is 13.2. The van der Waals surface area contributed by atoms with E-state index in [0.29, 0.717) is 25.7 Å². The van der Waals surface area contributed by atoms with Gasteiger partial charge in [0.2, 0.25) is 5.91 Å². The van der Waals surface area contributed by atoms with Gasteiger partial charge in [-0.05, 0) is 44.9 Å². The zero-order valence-electron chi connectivity index (χ0n) is 38.9. The lowest BCUT2D eigenvalue weighted by Crippen LogP contribution is -2.46. The molecule has 0 spiro atoms. The third-order valence-corrected chi connectivity index (χ3v) is 11.8. The summed E-state index contributed by atoms with van der Waals surface area (Å²) < 4.78 is 5.89. The predicted octanol–water partition coefficient (Wildman–Crippen LogP) is 15.1. The summed E-state index contributed by atoms with van der Waals surface area (Å²) in [5, 5.41) is 23.7. The van der Waals surface area contributed by atoms with Gasteiger partial charge in [-0.3, -0.25) is 9.59 Å². The molecule has 0 bridgehead atoms. The van der Waals surface area contributed by atoms with Gasteiger partial charge in [0.15, 0.2) is 0 Å². The van der Waals surface area contributed by atoms with E-state index in [-0.39, 0.29) is 24.9 Å². The van der Waals surface area contributed by atoms with Crippen LogP contribution in [0.5, 0.6) is 0 Å². The van der Waals surface area contributed by atoms with Crippen LogP contribution < -0.4 is 5.32 Å². The van der Waals surface area contributed by atoms with Crippen LogP contribution in [0, 0.1) is 0 Å². The van der Waals surface area contributed by atoms with Crippen molar-refractivity contribution in [3.63, 3.8) is 0 Å². The van der Waals surface area contributed by atoms with Crippen LogP contribution in [-0.4, -0.2) is 46.9 Å². The molecule has 0 saturated heterocycles. The molecule has 342 valence electrons. The number of hydrogen-bond donors (Lipinski definition) is 3. The predicted molar refractivity (Wildman–Crippen MR) is 250 cm³/mol. The Bertz CT molecular complexity index is 919. The summed E-state index contributed by atoms with van der Waals surface area (Å²) in [5.41, 5.74) is 0. The first kappa shape index (κ1) is 56.3. The van der Waals surface area contributed by atoms with Gasteiger partial charge in [-0.15, -0.1) is 0 Å². The van der Waals surface area contributed by atoms with E-state index in [0.717, 1.165) is 44.9 Å².